The van der Waals surface area contributed by atoms with E-state index in [4.69, 9.17) is 4.74 Å². The van der Waals surface area contributed by atoms with Gasteiger partial charge in [-0.2, -0.15) is 0 Å². The molecule has 0 radical (unpaired) electrons. The lowest BCUT2D eigenvalue weighted by Gasteiger charge is -2.16. The predicted molar refractivity (Wildman–Crippen MR) is 82.7 cm³/mol. The third kappa shape index (κ3) is 4.41. The molecule has 1 heterocycles. The molecule has 6 nitrogen and oxygen atoms in total. The quantitative estimate of drug-likeness (QED) is 0.617. The number of nitro groups is 1. The van der Waals surface area contributed by atoms with Crippen molar-refractivity contribution in [3.63, 3.8) is 0 Å². The molecule has 1 saturated heterocycles. The van der Waals surface area contributed by atoms with Gasteiger partial charge >= 0.3 is 0 Å². The molecule has 1 unspecified atom stereocenters. The molecule has 6 heteroatoms. The Kier molecular flexibility index (Phi) is 5.52. The molecule has 116 valence electrons. The maximum Gasteiger partial charge on any atom is 0.292 e. The zero-order valence-corrected chi connectivity index (χ0v) is 12.7. The number of hydrogen-bond donors (Lipinski definition) is 1. The van der Waals surface area contributed by atoms with E-state index in [1.165, 1.54) is 0 Å². The molecule has 1 N–H and O–H groups in total. The van der Waals surface area contributed by atoms with E-state index in [9.17, 15) is 10.1 Å². The average molecular weight is 293 g/mol. The lowest BCUT2D eigenvalue weighted by molar-refractivity contribution is -0.384. The van der Waals surface area contributed by atoms with E-state index in [0.717, 1.165) is 44.8 Å². The minimum atomic E-state index is -0.332. The van der Waals surface area contributed by atoms with Crippen LogP contribution in [0.3, 0.4) is 0 Å². The number of methoxy groups -OCH3 is 1. The molecule has 1 aromatic rings. The summed E-state index contributed by atoms with van der Waals surface area (Å²) in [4.78, 5) is 13.1. The van der Waals surface area contributed by atoms with Gasteiger partial charge in [-0.15, -0.1) is 0 Å². The fraction of sp³-hybridized carbons (Fsp3) is 0.600. The van der Waals surface area contributed by atoms with Gasteiger partial charge in [0.1, 0.15) is 5.69 Å². The highest BCUT2D eigenvalue weighted by Gasteiger charge is 2.23. The molecule has 21 heavy (non-hydrogen) atoms. The van der Waals surface area contributed by atoms with E-state index in [-0.39, 0.29) is 10.6 Å². The number of benzene rings is 1. The van der Waals surface area contributed by atoms with Crippen LogP contribution in [0.15, 0.2) is 18.2 Å². The van der Waals surface area contributed by atoms with Crippen LogP contribution in [0.25, 0.3) is 0 Å². The molecule has 0 amide bonds. The number of ether oxygens (including phenoxy) is 1. The van der Waals surface area contributed by atoms with Crippen LogP contribution in [-0.4, -0.2) is 49.7 Å². The summed E-state index contributed by atoms with van der Waals surface area (Å²) in [6.07, 6.45) is 1.12. The van der Waals surface area contributed by atoms with Crippen molar-refractivity contribution in [3.05, 3.63) is 33.9 Å². The zero-order chi connectivity index (χ0) is 15.2. The summed E-state index contributed by atoms with van der Waals surface area (Å²) in [7, 11) is 1.71. The molecule has 0 saturated carbocycles. The standard InChI is InChI=1S/C15H23N3O3/c1-12-3-4-15(18(19)20)14(9-12)16-10-13-5-6-17(11-13)7-8-21-2/h3-4,9,13,16H,5-8,10-11H2,1-2H3. The fourth-order valence-corrected chi connectivity index (χ4v) is 2.71. The molecular formula is C15H23N3O3. The smallest absolute Gasteiger partial charge is 0.292 e. The number of anilines is 1. The lowest BCUT2D eigenvalue weighted by Crippen LogP contribution is -2.26. The molecule has 0 bridgehead atoms. The van der Waals surface area contributed by atoms with Gasteiger partial charge in [-0.1, -0.05) is 6.07 Å². The number of hydrogen-bond acceptors (Lipinski definition) is 5. The van der Waals surface area contributed by atoms with E-state index in [1.807, 2.05) is 13.0 Å². The predicted octanol–water partition coefficient (Wildman–Crippen LogP) is 2.28. The summed E-state index contributed by atoms with van der Waals surface area (Å²) >= 11 is 0. The lowest BCUT2D eigenvalue weighted by atomic mass is 10.1. The minimum Gasteiger partial charge on any atom is -0.383 e. The van der Waals surface area contributed by atoms with Crippen molar-refractivity contribution in [2.24, 2.45) is 5.92 Å². The molecule has 0 spiro atoms. The Morgan fingerprint density at radius 3 is 3.05 bits per heavy atom. The molecular weight excluding hydrogens is 270 g/mol. The third-order valence-electron chi connectivity index (χ3n) is 3.91. The van der Waals surface area contributed by atoms with Gasteiger partial charge in [-0.25, -0.2) is 0 Å². The maximum absolute atomic E-state index is 11.0. The second-order valence-electron chi connectivity index (χ2n) is 5.61. The van der Waals surface area contributed by atoms with Crippen LogP contribution >= 0.6 is 0 Å². The second kappa shape index (κ2) is 7.38. The number of likely N-dealkylation sites (tertiary alicyclic amines) is 1. The normalized spacial score (nSPS) is 18.9. The number of nitrogens with zero attached hydrogens (tertiary/aromatic N) is 2. The van der Waals surface area contributed by atoms with Gasteiger partial charge in [0, 0.05) is 32.8 Å². The highest BCUT2D eigenvalue weighted by atomic mass is 16.6. The van der Waals surface area contributed by atoms with Gasteiger partial charge in [-0.3, -0.25) is 10.1 Å². The zero-order valence-electron chi connectivity index (χ0n) is 12.7. The summed E-state index contributed by atoms with van der Waals surface area (Å²) < 4.78 is 5.09. The summed E-state index contributed by atoms with van der Waals surface area (Å²) in [5.41, 5.74) is 1.79. The molecule has 1 aromatic carbocycles. The second-order valence-corrected chi connectivity index (χ2v) is 5.61. The molecule has 0 aromatic heterocycles. The van der Waals surface area contributed by atoms with Gasteiger partial charge in [0.2, 0.25) is 0 Å². The molecule has 0 aliphatic carbocycles. The Morgan fingerprint density at radius 2 is 2.33 bits per heavy atom. The molecule has 1 fully saturated rings. The van der Waals surface area contributed by atoms with E-state index in [0.29, 0.717) is 11.6 Å². The highest BCUT2D eigenvalue weighted by molar-refractivity contribution is 5.62. The molecule has 1 aliphatic rings. The first-order chi connectivity index (χ1) is 10.1. The van der Waals surface area contributed by atoms with Gasteiger partial charge in [-0.05, 0) is 37.4 Å². The number of nitrogens with one attached hydrogen (secondary N) is 1. The first kappa shape index (κ1) is 15.7. The van der Waals surface area contributed by atoms with Crippen LogP contribution in [0.4, 0.5) is 11.4 Å². The van der Waals surface area contributed by atoms with Crippen molar-refractivity contribution in [2.45, 2.75) is 13.3 Å². The van der Waals surface area contributed by atoms with Crippen LogP contribution in [0.1, 0.15) is 12.0 Å². The van der Waals surface area contributed by atoms with Crippen molar-refractivity contribution in [2.75, 3.05) is 45.2 Å². The van der Waals surface area contributed by atoms with Crippen molar-refractivity contribution in [1.82, 2.24) is 4.90 Å². The van der Waals surface area contributed by atoms with Crippen LogP contribution in [0, 0.1) is 23.0 Å². The number of rotatable bonds is 7. The Hall–Kier alpha value is -1.66. The first-order valence-electron chi connectivity index (χ1n) is 7.30. The number of nitro benzene ring substituents is 1. The molecule has 2 rings (SSSR count). The van der Waals surface area contributed by atoms with E-state index < -0.39 is 0 Å². The largest absolute Gasteiger partial charge is 0.383 e. The van der Waals surface area contributed by atoms with Gasteiger partial charge in [0.25, 0.3) is 5.69 Å². The maximum atomic E-state index is 11.0. The van der Waals surface area contributed by atoms with Gasteiger partial charge < -0.3 is 15.0 Å². The molecule has 1 aliphatic heterocycles. The monoisotopic (exact) mass is 293 g/mol. The van der Waals surface area contributed by atoms with Gasteiger partial charge in [0.15, 0.2) is 0 Å². The van der Waals surface area contributed by atoms with Crippen molar-refractivity contribution >= 4 is 11.4 Å². The Labute approximate surface area is 125 Å². The van der Waals surface area contributed by atoms with Crippen LogP contribution < -0.4 is 5.32 Å². The van der Waals surface area contributed by atoms with Gasteiger partial charge in [0.05, 0.1) is 11.5 Å². The summed E-state index contributed by atoms with van der Waals surface area (Å²) in [6.45, 7) is 6.52. The summed E-state index contributed by atoms with van der Waals surface area (Å²) in [6, 6.07) is 5.18. The Balaban J connectivity index is 1.89. The summed E-state index contributed by atoms with van der Waals surface area (Å²) in [5.74, 6) is 0.530. The highest BCUT2D eigenvalue weighted by Crippen LogP contribution is 2.26. The fourth-order valence-electron chi connectivity index (χ4n) is 2.71. The molecule has 1 atom stereocenters. The number of aryl methyl sites for hydroxylation is 1. The van der Waals surface area contributed by atoms with Crippen LogP contribution in [0.2, 0.25) is 0 Å². The van der Waals surface area contributed by atoms with E-state index in [2.05, 4.69) is 10.2 Å². The topological polar surface area (TPSA) is 67.6 Å². The van der Waals surface area contributed by atoms with Crippen LogP contribution in [0.5, 0.6) is 0 Å². The van der Waals surface area contributed by atoms with Crippen molar-refractivity contribution in [3.8, 4) is 0 Å². The Bertz CT molecular complexity index is 493. The third-order valence-corrected chi connectivity index (χ3v) is 3.91. The minimum absolute atomic E-state index is 0.148. The van der Waals surface area contributed by atoms with Crippen molar-refractivity contribution in [1.29, 1.82) is 0 Å². The van der Waals surface area contributed by atoms with Crippen molar-refractivity contribution < 1.29 is 9.66 Å². The van der Waals surface area contributed by atoms with E-state index in [1.54, 1.807) is 19.2 Å². The van der Waals surface area contributed by atoms with Crippen LogP contribution in [-0.2, 0) is 4.74 Å². The summed E-state index contributed by atoms with van der Waals surface area (Å²) in [5, 5.41) is 14.3. The average Bonchev–Trinajstić information content (AvgIpc) is 2.90. The SMILES string of the molecule is COCCN1CCC(CNc2cc(C)ccc2[N+](=O)[O-])C1. The first-order valence-corrected chi connectivity index (χ1v) is 7.30. The Morgan fingerprint density at radius 1 is 1.52 bits per heavy atom. The van der Waals surface area contributed by atoms with E-state index >= 15 is 0 Å².